The molecule has 0 aliphatic carbocycles. The first-order valence-corrected chi connectivity index (χ1v) is 9.04. The van der Waals surface area contributed by atoms with Crippen LogP contribution in [0, 0.1) is 0 Å². The van der Waals surface area contributed by atoms with Crippen LogP contribution in [-0.4, -0.2) is 15.9 Å². The predicted octanol–water partition coefficient (Wildman–Crippen LogP) is 4.18. The van der Waals surface area contributed by atoms with Crippen molar-refractivity contribution >= 4 is 5.91 Å². The molecule has 0 aliphatic heterocycles. The highest BCUT2D eigenvalue weighted by Gasteiger charge is 2.19. The van der Waals surface area contributed by atoms with Gasteiger partial charge in [0.15, 0.2) is 0 Å². The number of carbonyl (C=O) groups is 1. The Morgan fingerprint density at radius 2 is 1.64 bits per heavy atom. The molecule has 2 aromatic heterocycles. The Morgan fingerprint density at radius 1 is 0.929 bits per heavy atom. The van der Waals surface area contributed by atoms with E-state index in [0.717, 1.165) is 16.8 Å². The molecule has 1 amide bonds. The molecule has 0 radical (unpaired) electrons. The summed E-state index contributed by atoms with van der Waals surface area (Å²) in [5.41, 5.74) is 3.22. The summed E-state index contributed by atoms with van der Waals surface area (Å²) < 4.78 is 5.52. The molecule has 0 saturated carbocycles. The molecule has 5 nitrogen and oxygen atoms in total. The molecule has 5 heteroatoms. The third-order valence-corrected chi connectivity index (χ3v) is 4.34. The first kappa shape index (κ1) is 17.7. The lowest BCUT2D eigenvalue weighted by Crippen LogP contribution is -2.31. The van der Waals surface area contributed by atoms with Crippen molar-refractivity contribution in [3.8, 4) is 11.5 Å². The monoisotopic (exact) mass is 369 g/mol. The van der Waals surface area contributed by atoms with Gasteiger partial charge in [0, 0.05) is 11.8 Å². The summed E-state index contributed by atoms with van der Waals surface area (Å²) in [5.74, 6) is 0.361. The Bertz CT molecular complexity index is 992. The van der Waals surface area contributed by atoms with E-state index in [1.54, 1.807) is 6.20 Å². The van der Waals surface area contributed by atoms with Crippen LogP contribution in [0.3, 0.4) is 0 Å². The average Bonchev–Trinajstić information content (AvgIpc) is 3.22. The highest BCUT2D eigenvalue weighted by atomic mass is 16.3. The van der Waals surface area contributed by atoms with Gasteiger partial charge in [0.05, 0.1) is 23.9 Å². The van der Waals surface area contributed by atoms with Gasteiger partial charge in [-0.05, 0) is 29.8 Å². The number of nitrogens with zero attached hydrogens (tertiary/aromatic N) is 2. The van der Waals surface area contributed by atoms with Crippen molar-refractivity contribution in [2.75, 3.05) is 0 Å². The SMILES string of the molecule is O=C(Cc1coc(-c2ccccc2)n1)NC(c1ccccc1)c1ccccn1. The predicted molar refractivity (Wildman–Crippen MR) is 106 cm³/mol. The number of pyridine rings is 1. The van der Waals surface area contributed by atoms with Gasteiger partial charge in [-0.3, -0.25) is 9.78 Å². The Hall–Kier alpha value is -3.73. The summed E-state index contributed by atoms with van der Waals surface area (Å²) in [6.45, 7) is 0. The van der Waals surface area contributed by atoms with Crippen LogP contribution in [-0.2, 0) is 11.2 Å². The van der Waals surface area contributed by atoms with Crippen molar-refractivity contribution in [2.24, 2.45) is 0 Å². The van der Waals surface area contributed by atoms with Crippen molar-refractivity contribution < 1.29 is 9.21 Å². The minimum atomic E-state index is -0.324. The van der Waals surface area contributed by atoms with Crippen LogP contribution >= 0.6 is 0 Å². The maximum Gasteiger partial charge on any atom is 0.226 e. The van der Waals surface area contributed by atoms with Gasteiger partial charge in [0.25, 0.3) is 0 Å². The van der Waals surface area contributed by atoms with E-state index in [4.69, 9.17) is 4.42 Å². The first-order valence-electron chi connectivity index (χ1n) is 9.04. The zero-order valence-electron chi connectivity index (χ0n) is 15.2. The molecule has 0 bridgehead atoms. The number of aromatic nitrogens is 2. The van der Waals surface area contributed by atoms with E-state index in [-0.39, 0.29) is 18.4 Å². The summed E-state index contributed by atoms with van der Waals surface area (Å²) in [4.78, 5) is 21.5. The van der Waals surface area contributed by atoms with Crippen LogP contribution in [0.1, 0.15) is 23.0 Å². The second kappa shape index (κ2) is 8.31. The molecular formula is C23H19N3O2. The van der Waals surface area contributed by atoms with Crippen LogP contribution in [0.2, 0.25) is 0 Å². The number of hydrogen-bond donors (Lipinski definition) is 1. The third kappa shape index (κ3) is 4.15. The van der Waals surface area contributed by atoms with E-state index in [9.17, 15) is 4.79 Å². The largest absolute Gasteiger partial charge is 0.444 e. The topological polar surface area (TPSA) is 68.0 Å². The molecule has 0 saturated heterocycles. The van der Waals surface area contributed by atoms with Crippen molar-refractivity contribution in [3.63, 3.8) is 0 Å². The molecule has 138 valence electrons. The molecule has 0 fully saturated rings. The smallest absolute Gasteiger partial charge is 0.226 e. The lowest BCUT2D eigenvalue weighted by Gasteiger charge is -2.18. The Labute approximate surface area is 163 Å². The van der Waals surface area contributed by atoms with Crippen molar-refractivity contribution in [3.05, 3.63) is 108 Å². The highest BCUT2D eigenvalue weighted by molar-refractivity contribution is 5.79. The minimum Gasteiger partial charge on any atom is -0.444 e. The molecule has 4 rings (SSSR count). The zero-order chi connectivity index (χ0) is 19.2. The maximum absolute atomic E-state index is 12.7. The molecule has 1 unspecified atom stereocenters. The Morgan fingerprint density at radius 3 is 2.36 bits per heavy atom. The van der Waals surface area contributed by atoms with Gasteiger partial charge < -0.3 is 9.73 Å². The minimum absolute atomic E-state index is 0.131. The number of oxazole rings is 1. The Balaban J connectivity index is 1.50. The maximum atomic E-state index is 12.7. The van der Waals surface area contributed by atoms with Gasteiger partial charge in [-0.1, -0.05) is 54.6 Å². The summed E-state index contributed by atoms with van der Waals surface area (Å²) in [6.07, 6.45) is 3.38. The van der Waals surface area contributed by atoms with Crippen molar-refractivity contribution in [1.29, 1.82) is 0 Å². The van der Waals surface area contributed by atoms with E-state index in [0.29, 0.717) is 11.6 Å². The lowest BCUT2D eigenvalue weighted by atomic mass is 10.0. The van der Waals surface area contributed by atoms with Gasteiger partial charge in [0.1, 0.15) is 6.26 Å². The summed E-state index contributed by atoms with van der Waals surface area (Å²) in [6, 6.07) is 24.7. The molecule has 0 spiro atoms. The second-order valence-electron chi connectivity index (χ2n) is 6.35. The van der Waals surface area contributed by atoms with E-state index in [2.05, 4.69) is 15.3 Å². The number of benzene rings is 2. The van der Waals surface area contributed by atoms with E-state index < -0.39 is 0 Å². The first-order chi connectivity index (χ1) is 13.8. The third-order valence-electron chi connectivity index (χ3n) is 4.34. The molecule has 1 atom stereocenters. The fraction of sp³-hybridized carbons (Fsp3) is 0.0870. The highest BCUT2D eigenvalue weighted by Crippen LogP contribution is 2.21. The standard InChI is InChI=1S/C23H19N3O2/c27-21(15-19-16-28-23(25-19)18-11-5-2-6-12-18)26-22(17-9-3-1-4-10-17)20-13-7-8-14-24-20/h1-14,16,22H,15H2,(H,26,27). The number of carbonyl (C=O) groups excluding carboxylic acids is 1. The summed E-state index contributed by atoms with van der Waals surface area (Å²) >= 11 is 0. The molecule has 4 aromatic rings. The van der Waals surface area contributed by atoms with Crippen molar-refractivity contribution in [2.45, 2.75) is 12.5 Å². The number of rotatable bonds is 6. The van der Waals surface area contributed by atoms with E-state index in [1.165, 1.54) is 6.26 Å². The second-order valence-corrected chi connectivity index (χ2v) is 6.35. The summed E-state index contributed by atoms with van der Waals surface area (Å²) in [7, 11) is 0. The molecule has 28 heavy (non-hydrogen) atoms. The lowest BCUT2D eigenvalue weighted by molar-refractivity contribution is -0.121. The number of nitrogens with one attached hydrogen (secondary N) is 1. The Kier molecular flexibility index (Phi) is 5.24. The van der Waals surface area contributed by atoms with Gasteiger partial charge in [-0.25, -0.2) is 4.98 Å². The quantitative estimate of drug-likeness (QED) is 0.553. The number of amides is 1. The van der Waals surface area contributed by atoms with Crippen LogP contribution in [0.25, 0.3) is 11.5 Å². The van der Waals surface area contributed by atoms with Gasteiger partial charge in [0.2, 0.25) is 11.8 Å². The van der Waals surface area contributed by atoms with Gasteiger partial charge >= 0.3 is 0 Å². The molecular weight excluding hydrogens is 350 g/mol. The molecule has 1 N–H and O–H groups in total. The van der Waals surface area contributed by atoms with Gasteiger partial charge in [-0.2, -0.15) is 0 Å². The normalized spacial score (nSPS) is 11.7. The molecule has 2 aromatic carbocycles. The van der Waals surface area contributed by atoms with Crippen LogP contribution in [0.15, 0.2) is 95.7 Å². The number of hydrogen-bond acceptors (Lipinski definition) is 4. The average molecular weight is 369 g/mol. The van der Waals surface area contributed by atoms with E-state index in [1.807, 2.05) is 78.9 Å². The van der Waals surface area contributed by atoms with Gasteiger partial charge in [-0.15, -0.1) is 0 Å². The summed E-state index contributed by atoms with van der Waals surface area (Å²) in [5, 5.41) is 3.06. The van der Waals surface area contributed by atoms with Crippen LogP contribution < -0.4 is 5.32 Å². The zero-order valence-corrected chi connectivity index (χ0v) is 15.2. The van der Waals surface area contributed by atoms with Crippen molar-refractivity contribution in [1.82, 2.24) is 15.3 Å². The fourth-order valence-electron chi connectivity index (χ4n) is 3.00. The van der Waals surface area contributed by atoms with Crippen LogP contribution in [0.4, 0.5) is 0 Å². The van der Waals surface area contributed by atoms with E-state index >= 15 is 0 Å². The van der Waals surface area contributed by atoms with Crippen LogP contribution in [0.5, 0.6) is 0 Å². The molecule has 0 aliphatic rings. The molecule has 2 heterocycles. The fourth-order valence-corrected chi connectivity index (χ4v) is 3.00.